The second-order valence-electron chi connectivity index (χ2n) is 3.58. The van der Waals surface area contributed by atoms with E-state index in [4.69, 9.17) is 23.2 Å². The molecule has 1 heterocycles. The van der Waals surface area contributed by atoms with Crippen molar-refractivity contribution < 1.29 is 0 Å². The summed E-state index contributed by atoms with van der Waals surface area (Å²) in [5, 5.41) is 1.92. The Labute approximate surface area is 114 Å². The Hall–Kier alpha value is -0.770. The lowest BCUT2D eigenvalue weighted by atomic mass is 10.2. The molecule has 0 bridgehead atoms. The van der Waals surface area contributed by atoms with Crippen molar-refractivity contribution in [2.45, 2.75) is 17.8 Å². The summed E-state index contributed by atoms with van der Waals surface area (Å²) in [5.74, 6) is 0.778. The van der Waals surface area contributed by atoms with Crippen molar-refractivity contribution in [2.75, 3.05) is 0 Å². The summed E-state index contributed by atoms with van der Waals surface area (Å²) in [6.07, 6.45) is 3.62. The first-order chi connectivity index (χ1) is 8.15. The Morgan fingerprint density at radius 1 is 1.12 bits per heavy atom. The monoisotopic (exact) mass is 284 g/mol. The normalized spacial score (nSPS) is 10.5. The van der Waals surface area contributed by atoms with E-state index in [9.17, 15) is 0 Å². The lowest BCUT2D eigenvalue weighted by Crippen LogP contribution is -1.88. The van der Waals surface area contributed by atoms with E-state index in [2.05, 4.69) is 9.97 Å². The quantitative estimate of drug-likeness (QED) is 0.618. The van der Waals surface area contributed by atoms with E-state index >= 15 is 0 Å². The smallest absolute Gasteiger partial charge is 0.187 e. The number of hydrogen-bond donors (Lipinski definition) is 0. The minimum atomic E-state index is 0.576. The molecular weight excluding hydrogens is 275 g/mol. The van der Waals surface area contributed by atoms with Gasteiger partial charge in [0.05, 0.1) is 10.0 Å². The van der Waals surface area contributed by atoms with Crippen LogP contribution in [0.3, 0.4) is 0 Å². The summed E-state index contributed by atoms with van der Waals surface area (Å²) in [6, 6.07) is 5.62. The van der Waals surface area contributed by atoms with Crippen molar-refractivity contribution in [1.82, 2.24) is 9.97 Å². The third kappa shape index (κ3) is 3.60. The average molecular weight is 285 g/mol. The van der Waals surface area contributed by atoms with E-state index in [1.165, 1.54) is 0 Å². The number of aryl methyl sites for hydroxylation is 1. The van der Waals surface area contributed by atoms with Crippen molar-refractivity contribution in [3.8, 4) is 0 Å². The summed E-state index contributed by atoms with van der Waals surface area (Å²) in [6.45, 7) is 1.97. The Bertz CT molecular complexity index is 514. The molecule has 88 valence electrons. The maximum Gasteiger partial charge on any atom is 0.187 e. The van der Waals surface area contributed by atoms with E-state index in [1.54, 1.807) is 17.8 Å². The lowest BCUT2D eigenvalue weighted by molar-refractivity contribution is 0.949. The third-order valence-corrected chi connectivity index (χ3v) is 3.79. The molecule has 0 radical (unpaired) electrons. The number of hydrogen-bond acceptors (Lipinski definition) is 3. The molecule has 0 spiro atoms. The van der Waals surface area contributed by atoms with Gasteiger partial charge < -0.3 is 0 Å². The fourth-order valence-electron chi connectivity index (χ4n) is 1.23. The van der Waals surface area contributed by atoms with Gasteiger partial charge in [0.25, 0.3) is 0 Å². The van der Waals surface area contributed by atoms with Crippen molar-refractivity contribution in [1.29, 1.82) is 0 Å². The van der Waals surface area contributed by atoms with Gasteiger partial charge in [-0.3, -0.25) is 0 Å². The highest BCUT2D eigenvalue weighted by Crippen LogP contribution is 2.26. The molecule has 1 aromatic heterocycles. The minimum absolute atomic E-state index is 0.576. The fraction of sp³-hybridized carbons (Fsp3) is 0.167. The molecule has 0 saturated carbocycles. The predicted molar refractivity (Wildman–Crippen MR) is 72.8 cm³/mol. The van der Waals surface area contributed by atoms with Crippen LogP contribution in [0.1, 0.15) is 11.1 Å². The zero-order valence-electron chi connectivity index (χ0n) is 9.15. The van der Waals surface area contributed by atoms with Crippen LogP contribution in [0.2, 0.25) is 10.0 Å². The first kappa shape index (κ1) is 12.7. The molecule has 0 aliphatic rings. The SMILES string of the molecule is Cc1cnc(SCc2ccc(Cl)c(Cl)c2)nc1. The molecule has 2 rings (SSSR count). The van der Waals surface area contributed by atoms with Crippen LogP contribution in [0, 0.1) is 6.92 Å². The molecule has 0 fully saturated rings. The van der Waals surface area contributed by atoms with Gasteiger partial charge in [-0.1, -0.05) is 41.0 Å². The Kier molecular flexibility index (Phi) is 4.26. The van der Waals surface area contributed by atoms with Gasteiger partial charge in [-0.2, -0.15) is 0 Å². The van der Waals surface area contributed by atoms with Crippen LogP contribution in [0.25, 0.3) is 0 Å². The van der Waals surface area contributed by atoms with Gasteiger partial charge in [-0.15, -0.1) is 0 Å². The summed E-state index contributed by atoms with van der Waals surface area (Å²) >= 11 is 13.4. The molecule has 0 aliphatic carbocycles. The van der Waals surface area contributed by atoms with Crippen molar-refractivity contribution >= 4 is 35.0 Å². The summed E-state index contributed by atoms with van der Waals surface area (Å²) < 4.78 is 0. The molecule has 0 aliphatic heterocycles. The van der Waals surface area contributed by atoms with Gasteiger partial charge >= 0.3 is 0 Å². The van der Waals surface area contributed by atoms with Gasteiger partial charge in [0.2, 0.25) is 0 Å². The fourth-order valence-corrected chi connectivity index (χ4v) is 2.28. The van der Waals surface area contributed by atoms with Crippen LogP contribution in [-0.2, 0) is 5.75 Å². The molecule has 1 aromatic carbocycles. The molecule has 0 saturated heterocycles. The van der Waals surface area contributed by atoms with Gasteiger partial charge in [-0.05, 0) is 30.2 Å². The predicted octanol–water partition coefficient (Wildman–Crippen LogP) is 4.38. The van der Waals surface area contributed by atoms with Crippen LogP contribution in [0.15, 0.2) is 35.7 Å². The minimum Gasteiger partial charge on any atom is -0.231 e. The van der Waals surface area contributed by atoms with Crippen LogP contribution in [0.4, 0.5) is 0 Å². The van der Waals surface area contributed by atoms with Gasteiger partial charge in [0, 0.05) is 18.1 Å². The summed E-state index contributed by atoms with van der Waals surface area (Å²) in [5.41, 5.74) is 2.16. The van der Waals surface area contributed by atoms with Crippen LogP contribution < -0.4 is 0 Å². The molecule has 2 nitrogen and oxygen atoms in total. The molecule has 0 N–H and O–H groups in total. The molecular formula is C12H10Cl2N2S. The zero-order chi connectivity index (χ0) is 12.3. The standard InChI is InChI=1S/C12H10Cl2N2S/c1-8-5-15-12(16-6-8)17-7-9-2-3-10(13)11(14)4-9/h2-6H,7H2,1H3. The van der Waals surface area contributed by atoms with Crippen LogP contribution in [0.5, 0.6) is 0 Å². The Morgan fingerprint density at radius 2 is 1.82 bits per heavy atom. The first-order valence-corrected chi connectivity index (χ1v) is 6.74. The summed E-state index contributed by atoms with van der Waals surface area (Å²) in [4.78, 5) is 8.45. The zero-order valence-corrected chi connectivity index (χ0v) is 11.5. The largest absolute Gasteiger partial charge is 0.231 e. The maximum absolute atomic E-state index is 5.94. The van der Waals surface area contributed by atoms with Gasteiger partial charge in [-0.25, -0.2) is 9.97 Å². The average Bonchev–Trinajstić information content (AvgIpc) is 2.33. The number of benzene rings is 1. The van der Waals surface area contributed by atoms with Crippen LogP contribution >= 0.6 is 35.0 Å². The summed E-state index contributed by atoms with van der Waals surface area (Å²) in [7, 11) is 0. The Balaban J connectivity index is 2.02. The van der Waals surface area contributed by atoms with Crippen LogP contribution in [-0.4, -0.2) is 9.97 Å². The van der Waals surface area contributed by atoms with Gasteiger partial charge in [0.1, 0.15) is 0 Å². The molecule has 0 unspecified atom stereocenters. The highest BCUT2D eigenvalue weighted by Gasteiger charge is 2.02. The van der Waals surface area contributed by atoms with E-state index in [-0.39, 0.29) is 0 Å². The van der Waals surface area contributed by atoms with Crippen molar-refractivity contribution in [3.63, 3.8) is 0 Å². The second-order valence-corrected chi connectivity index (χ2v) is 5.34. The molecule has 2 aromatic rings. The number of rotatable bonds is 3. The maximum atomic E-state index is 5.94. The Morgan fingerprint density at radius 3 is 2.47 bits per heavy atom. The molecule has 0 atom stereocenters. The molecule has 17 heavy (non-hydrogen) atoms. The van der Waals surface area contributed by atoms with E-state index in [0.717, 1.165) is 22.0 Å². The lowest BCUT2D eigenvalue weighted by Gasteiger charge is -2.02. The number of thioether (sulfide) groups is 1. The van der Waals surface area contributed by atoms with Crippen molar-refractivity contribution in [2.24, 2.45) is 0 Å². The topological polar surface area (TPSA) is 25.8 Å². The third-order valence-electron chi connectivity index (χ3n) is 2.11. The second kappa shape index (κ2) is 5.71. The highest BCUT2D eigenvalue weighted by atomic mass is 35.5. The molecule has 0 amide bonds. The highest BCUT2D eigenvalue weighted by molar-refractivity contribution is 7.98. The number of aromatic nitrogens is 2. The van der Waals surface area contributed by atoms with E-state index < -0.39 is 0 Å². The van der Waals surface area contributed by atoms with E-state index in [1.807, 2.05) is 31.5 Å². The first-order valence-electron chi connectivity index (χ1n) is 5.00. The number of halogens is 2. The van der Waals surface area contributed by atoms with Crippen molar-refractivity contribution in [3.05, 3.63) is 51.8 Å². The molecule has 5 heteroatoms. The number of nitrogens with zero attached hydrogens (tertiary/aromatic N) is 2. The van der Waals surface area contributed by atoms with E-state index in [0.29, 0.717) is 10.0 Å². The van der Waals surface area contributed by atoms with Gasteiger partial charge in [0.15, 0.2) is 5.16 Å².